The smallest absolute Gasteiger partial charge is 0.241 e. The number of carbonyl (C=O) groups is 1. The Bertz CT molecular complexity index is 591. The van der Waals surface area contributed by atoms with Gasteiger partial charge in [-0.3, -0.25) is 4.79 Å². The summed E-state index contributed by atoms with van der Waals surface area (Å²) in [4.78, 5) is 11.7. The minimum Gasteiger partial charge on any atom is -0.385 e. The van der Waals surface area contributed by atoms with E-state index in [1.54, 1.807) is 0 Å². The van der Waals surface area contributed by atoms with Crippen molar-refractivity contribution in [3.05, 3.63) is 23.2 Å². The maximum atomic E-state index is 11.8. The highest BCUT2D eigenvalue weighted by Crippen LogP contribution is 2.24. The largest absolute Gasteiger partial charge is 0.385 e. The molecular weight excluding hydrogens is 306 g/mol. The van der Waals surface area contributed by atoms with Gasteiger partial charge >= 0.3 is 0 Å². The molecule has 1 atom stereocenters. The average Bonchev–Trinajstić information content (AvgIpc) is 2.37. The van der Waals surface area contributed by atoms with Crippen molar-refractivity contribution >= 4 is 33.2 Å². The molecule has 0 saturated carbocycles. The summed E-state index contributed by atoms with van der Waals surface area (Å²) >= 11 is 5.88. The van der Waals surface area contributed by atoms with E-state index in [1.807, 2.05) is 0 Å². The molecule has 0 fully saturated rings. The van der Waals surface area contributed by atoms with Gasteiger partial charge in [0, 0.05) is 13.7 Å². The monoisotopic (exact) mass is 321 g/mol. The third-order valence-electron chi connectivity index (χ3n) is 2.49. The minimum atomic E-state index is -3.87. The SMILES string of the molecule is COCCC(N)C(=O)Nc1cc(S(N)(=O)=O)ccc1Cl. The molecule has 112 valence electrons. The topological polar surface area (TPSA) is 125 Å². The third kappa shape index (κ3) is 4.73. The first-order valence-corrected chi connectivity index (χ1v) is 7.56. The third-order valence-corrected chi connectivity index (χ3v) is 3.73. The van der Waals surface area contributed by atoms with Crippen LogP contribution < -0.4 is 16.2 Å². The number of halogens is 1. The molecule has 9 heteroatoms. The number of nitrogens with one attached hydrogen (secondary N) is 1. The predicted molar refractivity (Wildman–Crippen MR) is 75.9 cm³/mol. The van der Waals surface area contributed by atoms with E-state index in [-0.39, 0.29) is 15.6 Å². The highest BCUT2D eigenvalue weighted by atomic mass is 35.5. The molecule has 0 aromatic heterocycles. The number of hydrogen-bond acceptors (Lipinski definition) is 5. The molecule has 0 radical (unpaired) electrons. The van der Waals surface area contributed by atoms with Gasteiger partial charge in [0.15, 0.2) is 0 Å². The molecule has 1 unspecified atom stereocenters. The lowest BCUT2D eigenvalue weighted by Crippen LogP contribution is -2.36. The van der Waals surface area contributed by atoms with Crippen molar-refractivity contribution in [1.82, 2.24) is 0 Å². The van der Waals surface area contributed by atoms with Crippen molar-refractivity contribution in [2.45, 2.75) is 17.4 Å². The van der Waals surface area contributed by atoms with Gasteiger partial charge in [-0.05, 0) is 24.6 Å². The number of amides is 1. The van der Waals surface area contributed by atoms with Crippen molar-refractivity contribution in [2.75, 3.05) is 19.0 Å². The number of sulfonamides is 1. The Labute approximate surface area is 122 Å². The van der Waals surface area contributed by atoms with E-state index in [1.165, 1.54) is 25.3 Å². The van der Waals surface area contributed by atoms with Crippen molar-refractivity contribution in [1.29, 1.82) is 0 Å². The molecule has 5 N–H and O–H groups in total. The van der Waals surface area contributed by atoms with Crippen LogP contribution in [0.25, 0.3) is 0 Å². The number of benzene rings is 1. The van der Waals surface area contributed by atoms with Crippen LogP contribution in [-0.2, 0) is 19.6 Å². The van der Waals surface area contributed by atoms with Crippen molar-refractivity contribution < 1.29 is 17.9 Å². The Kier molecular flexibility index (Phi) is 5.90. The fraction of sp³-hybridized carbons (Fsp3) is 0.364. The number of primary sulfonamides is 1. The maximum absolute atomic E-state index is 11.8. The van der Waals surface area contributed by atoms with Crippen LogP contribution in [0.3, 0.4) is 0 Å². The zero-order chi connectivity index (χ0) is 15.3. The molecule has 20 heavy (non-hydrogen) atoms. The van der Waals surface area contributed by atoms with Crippen LogP contribution in [0, 0.1) is 0 Å². The second-order valence-electron chi connectivity index (χ2n) is 4.06. The number of nitrogens with two attached hydrogens (primary N) is 2. The Morgan fingerprint density at radius 3 is 2.70 bits per heavy atom. The van der Waals surface area contributed by atoms with Gasteiger partial charge in [0.25, 0.3) is 0 Å². The molecule has 1 aromatic rings. The Morgan fingerprint density at radius 2 is 2.15 bits per heavy atom. The molecule has 1 rings (SSSR count). The van der Waals surface area contributed by atoms with E-state index in [0.717, 1.165) is 0 Å². The summed E-state index contributed by atoms with van der Waals surface area (Å²) in [5.74, 6) is -0.490. The lowest BCUT2D eigenvalue weighted by atomic mass is 10.2. The lowest BCUT2D eigenvalue weighted by molar-refractivity contribution is -0.117. The zero-order valence-electron chi connectivity index (χ0n) is 10.8. The van der Waals surface area contributed by atoms with E-state index < -0.39 is 22.0 Å². The van der Waals surface area contributed by atoms with Crippen LogP contribution >= 0.6 is 11.6 Å². The zero-order valence-corrected chi connectivity index (χ0v) is 12.4. The first-order chi connectivity index (χ1) is 9.25. The Morgan fingerprint density at radius 1 is 1.50 bits per heavy atom. The fourth-order valence-electron chi connectivity index (χ4n) is 1.38. The molecule has 0 heterocycles. The molecule has 0 aliphatic carbocycles. The van der Waals surface area contributed by atoms with Crippen LogP contribution in [-0.4, -0.2) is 34.1 Å². The van der Waals surface area contributed by atoms with Crippen LogP contribution in [0.15, 0.2) is 23.1 Å². The van der Waals surface area contributed by atoms with Crippen molar-refractivity contribution in [3.63, 3.8) is 0 Å². The quantitative estimate of drug-likeness (QED) is 0.694. The van der Waals surface area contributed by atoms with Crippen molar-refractivity contribution in [3.8, 4) is 0 Å². The van der Waals surface area contributed by atoms with E-state index in [2.05, 4.69) is 5.32 Å². The summed E-state index contributed by atoms with van der Waals surface area (Å²) in [5, 5.41) is 7.65. The highest BCUT2D eigenvalue weighted by molar-refractivity contribution is 7.89. The molecule has 0 saturated heterocycles. The first-order valence-electron chi connectivity index (χ1n) is 5.63. The number of anilines is 1. The second-order valence-corrected chi connectivity index (χ2v) is 6.03. The summed E-state index contributed by atoms with van der Waals surface area (Å²) in [6.07, 6.45) is 0.328. The van der Waals surface area contributed by atoms with E-state index in [4.69, 9.17) is 27.2 Å². The van der Waals surface area contributed by atoms with Crippen LogP contribution in [0.1, 0.15) is 6.42 Å². The summed E-state index contributed by atoms with van der Waals surface area (Å²) in [5.41, 5.74) is 5.78. The Hall–Kier alpha value is -1.19. The van der Waals surface area contributed by atoms with E-state index in [0.29, 0.717) is 13.0 Å². The highest BCUT2D eigenvalue weighted by Gasteiger charge is 2.16. The molecule has 1 aromatic carbocycles. The molecule has 0 bridgehead atoms. The van der Waals surface area contributed by atoms with Gasteiger partial charge in [-0.1, -0.05) is 11.6 Å². The number of ether oxygens (including phenoxy) is 1. The van der Waals surface area contributed by atoms with Gasteiger partial charge in [0.05, 0.1) is 21.6 Å². The second kappa shape index (κ2) is 7.00. The van der Waals surface area contributed by atoms with Gasteiger partial charge in [-0.2, -0.15) is 0 Å². The molecule has 0 aliphatic rings. The van der Waals surface area contributed by atoms with E-state index in [9.17, 15) is 13.2 Å². The number of hydrogen-bond donors (Lipinski definition) is 3. The molecular formula is C11H16ClN3O4S. The van der Waals surface area contributed by atoms with Gasteiger partial charge in [0.2, 0.25) is 15.9 Å². The lowest BCUT2D eigenvalue weighted by Gasteiger charge is -2.13. The maximum Gasteiger partial charge on any atom is 0.241 e. The summed E-state index contributed by atoms with van der Waals surface area (Å²) in [7, 11) is -2.38. The molecule has 7 nitrogen and oxygen atoms in total. The average molecular weight is 322 g/mol. The van der Waals surface area contributed by atoms with Crippen LogP contribution in [0.4, 0.5) is 5.69 Å². The number of carbonyl (C=O) groups excluding carboxylic acids is 1. The minimum absolute atomic E-state index is 0.135. The summed E-state index contributed by atoms with van der Waals surface area (Å²) in [6.45, 7) is 0.333. The number of rotatable bonds is 6. The van der Waals surface area contributed by atoms with Gasteiger partial charge in [-0.25, -0.2) is 13.6 Å². The molecule has 0 aliphatic heterocycles. The summed E-state index contributed by atoms with van der Waals surface area (Å²) < 4.78 is 27.3. The predicted octanol–water partition coefficient (Wildman–Crippen LogP) is 0.290. The molecule has 1 amide bonds. The van der Waals surface area contributed by atoms with Gasteiger partial charge in [-0.15, -0.1) is 0 Å². The standard InChI is InChI=1S/C11H16ClN3O4S/c1-19-5-4-9(13)11(16)15-10-6-7(20(14,17)18)2-3-8(10)12/h2-3,6,9H,4-5,13H2,1H3,(H,15,16)(H2,14,17,18). The van der Waals surface area contributed by atoms with Gasteiger partial charge in [0.1, 0.15) is 0 Å². The Balaban J connectivity index is 2.89. The van der Waals surface area contributed by atoms with Crippen LogP contribution in [0.2, 0.25) is 5.02 Å². The first kappa shape index (κ1) is 16.9. The molecule has 0 spiro atoms. The van der Waals surface area contributed by atoms with E-state index >= 15 is 0 Å². The van der Waals surface area contributed by atoms with Gasteiger partial charge < -0.3 is 15.8 Å². The van der Waals surface area contributed by atoms with Crippen molar-refractivity contribution in [2.24, 2.45) is 10.9 Å². The fourth-order valence-corrected chi connectivity index (χ4v) is 2.08. The summed E-state index contributed by atoms with van der Waals surface area (Å²) in [6, 6.07) is 2.97. The van der Waals surface area contributed by atoms with Crippen LogP contribution in [0.5, 0.6) is 0 Å². The number of methoxy groups -OCH3 is 1. The normalized spacial score (nSPS) is 13.0.